The lowest BCUT2D eigenvalue weighted by molar-refractivity contribution is 0.241. The van der Waals surface area contributed by atoms with E-state index in [4.69, 9.17) is 0 Å². The first-order valence-corrected chi connectivity index (χ1v) is 4.66. The second-order valence-corrected chi connectivity index (χ2v) is 2.91. The Bertz CT molecular complexity index is 235. The number of thiazole rings is 1. The van der Waals surface area contributed by atoms with Crippen LogP contribution in [0, 0.1) is 0 Å². The standard InChI is InChI=1S/C7H11N3OS/c1-2-8-7(11)9-3-6-4-12-5-10-6/h4-5H,2-3H2,1H3,(H2,8,9,11). The molecular weight excluding hydrogens is 174 g/mol. The Morgan fingerprint density at radius 3 is 3.08 bits per heavy atom. The smallest absolute Gasteiger partial charge is 0.315 e. The molecule has 66 valence electrons. The van der Waals surface area contributed by atoms with Gasteiger partial charge in [0.2, 0.25) is 0 Å². The Balaban J connectivity index is 2.22. The normalized spacial score (nSPS) is 9.42. The summed E-state index contributed by atoms with van der Waals surface area (Å²) in [5.41, 5.74) is 2.64. The first-order chi connectivity index (χ1) is 5.83. The van der Waals surface area contributed by atoms with E-state index in [9.17, 15) is 4.79 Å². The molecule has 0 saturated carbocycles. The van der Waals surface area contributed by atoms with Crippen LogP contribution in [0.25, 0.3) is 0 Å². The predicted molar refractivity (Wildman–Crippen MR) is 48.0 cm³/mol. The minimum atomic E-state index is -0.148. The molecule has 0 aliphatic rings. The molecule has 2 amide bonds. The monoisotopic (exact) mass is 185 g/mol. The Hall–Kier alpha value is -1.10. The molecule has 2 N–H and O–H groups in total. The molecule has 0 radical (unpaired) electrons. The fraction of sp³-hybridized carbons (Fsp3) is 0.429. The summed E-state index contributed by atoms with van der Waals surface area (Å²) in [7, 11) is 0. The zero-order chi connectivity index (χ0) is 8.81. The van der Waals surface area contributed by atoms with Crippen LogP contribution in [0.3, 0.4) is 0 Å². The van der Waals surface area contributed by atoms with E-state index in [1.807, 2.05) is 12.3 Å². The van der Waals surface area contributed by atoms with Crippen LogP contribution in [0.4, 0.5) is 4.79 Å². The Kier molecular flexibility index (Phi) is 3.53. The third-order valence-electron chi connectivity index (χ3n) is 1.25. The highest BCUT2D eigenvalue weighted by molar-refractivity contribution is 7.07. The van der Waals surface area contributed by atoms with Crippen LogP contribution in [0.5, 0.6) is 0 Å². The number of hydrogen-bond donors (Lipinski definition) is 2. The summed E-state index contributed by atoms with van der Waals surface area (Å²) >= 11 is 1.52. The molecule has 0 fully saturated rings. The fourth-order valence-corrected chi connectivity index (χ4v) is 1.28. The molecule has 4 nitrogen and oxygen atoms in total. The second kappa shape index (κ2) is 4.71. The summed E-state index contributed by atoms with van der Waals surface area (Å²) in [6.07, 6.45) is 0. The maximum absolute atomic E-state index is 10.9. The average Bonchev–Trinajstić information content (AvgIpc) is 2.53. The predicted octanol–water partition coefficient (Wildman–Crippen LogP) is 0.962. The average molecular weight is 185 g/mol. The molecule has 0 saturated heterocycles. The molecule has 0 aliphatic heterocycles. The van der Waals surface area contributed by atoms with Crippen LogP contribution in [-0.2, 0) is 6.54 Å². The van der Waals surface area contributed by atoms with Gasteiger partial charge in [0, 0.05) is 11.9 Å². The lowest BCUT2D eigenvalue weighted by atomic mass is 10.5. The Morgan fingerprint density at radius 1 is 1.67 bits per heavy atom. The Morgan fingerprint density at radius 2 is 2.50 bits per heavy atom. The largest absolute Gasteiger partial charge is 0.338 e. The van der Waals surface area contributed by atoms with Gasteiger partial charge in [-0.25, -0.2) is 9.78 Å². The van der Waals surface area contributed by atoms with Gasteiger partial charge in [0.1, 0.15) is 0 Å². The fourth-order valence-electron chi connectivity index (χ4n) is 0.719. The number of nitrogens with zero attached hydrogens (tertiary/aromatic N) is 1. The van der Waals surface area contributed by atoms with Crippen LogP contribution >= 0.6 is 11.3 Å². The maximum Gasteiger partial charge on any atom is 0.315 e. The van der Waals surface area contributed by atoms with E-state index < -0.39 is 0 Å². The van der Waals surface area contributed by atoms with Crippen molar-refractivity contribution in [2.24, 2.45) is 0 Å². The van der Waals surface area contributed by atoms with E-state index >= 15 is 0 Å². The summed E-state index contributed by atoms with van der Waals surface area (Å²) < 4.78 is 0. The molecule has 0 atom stereocenters. The molecule has 0 aliphatic carbocycles. The van der Waals surface area contributed by atoms with Gasteiger partial charge in [0.25, 0.3) is 0 Å². The number of amides is 2. The highest BCUT2D eigenvalue weighted by Crippen LogP contribution is 1.99. The molecule has 12 heavy (non-hydrogen) atoms. The van der Waals surface area contributed by atoms with E-state index in [1.54, 1.807) is 5.51 Å². The third-order valence-corrected chi connectivity index (χ3v) is 1.89. The highest BCUT2D eigenvalue weighted by Gasteiger charge is 1.98. The molecule has 0 bridgehead atoms. The molecule has 0 aromatic carbocycles. The van der Waals surface area contributed by atoms with Crippen molar-refractivity contribution in [3.8, 4) is 0 Å². The second-order valence-electron chi connectivity index (χ2n) is 2.19. The van der Waals surface area contributed by atoms with Crippen molar-refractivity contribution in [1.29, 1.82) is 0 Å². The van der Waals surface area contributed by atoms with Crippen LogP contribution < -0.4 is 10.6 Å². The summed E-state index contributed by atoms with van der Waals surface area (Å²) in [5.74, 6) is 0. The van der Waals surface area contributed by atoms with Crippen LogP contribution in [0.15, 0.2) is 10.9 Å². The number of rotatable bonds is 3. The van der Waals surface area contributed by atoms with Gasteiger partial charge >= 0.3 is 6.03 Å². The zero-order valence-electron chi connectivity index (χ0n) is 6.83. The molecular formula is C7H11N3OS. The summed E-state index contributed by atoms with van der Waals surface area (Å²) in [5, 5.41) is 7.22. The number of carbonyl (C=O) groups is 1. The van der Waals surface area contributed by atoms with E-state index in [2.05, 4.69) is 15.6 Å². The number of carbonyl (C=O) groups excluding carboxylic acids is 1. The first-order valence-electron chi connectivity index (χ1n) is 3.71. The maximum atomic E-state index is 10.9. The molecule has 1 aromatic heterocycles. The molecule has 1 rings (SSSR count). The molecule has 5 heteroatoms. The lowest BCUT2D eigenvalue weighted by Gasteiger charge is -2.02. The van der Waals surface area contributed by atoms with Gasteiger partial charge in [-0.3, -0.25) is 0 Å². The molecule has 0 spiro atoms. The molecule has 0 unspecified atom stereocenters. The van der Waals surface area contributed by atoms with E-state index in [-0.39, 0.29) is 6.03 Å². The molecule has 1 aromatic rings. The van der Waals surface area contributed by atoms with Gasteiger partial charge in [-0.05, 0) is 6.92 Å². The first kappa shape index (κ1) is 8.99. The SMILES string of the molecule is CCNC(=O)NCc1cscn1. The third kappa shape index (κ3) is 2.87. The van der Waals surface area contributed by atoms with Gasteiger partial charge in [-0.2, -0.15) is 0 Å². The topological polar surface area (TPSA) is 54.0 Å². The van der Waals surface area contributed by atoms with Crippen molar-refractivity contribution in [3.05, 3.63) is 16.6 Å². The van der Waals surface area contributed by atoms with Crippen molar-refractivity contribution in [2.45, 2.75) is 13.5 Å². The van der Waals surface area contributed by atoms with Gasteiger partial charge in [-0.1, -0.05) is 0 Å². The summed E-state index contributed by atoms with van der Waals surface area (Å²) in [6, 6.07) is -0.148. The van der Waals surface area contributed by atoms with E-state index in [0.717, 1.165) is 5.69 Å². The summed E-state index contributed by atoms with van der Waals surface area (Å²) in [4.78, 5) is 14.9. The zero-order valence-corrected chi connectivity index (χ0v) is 7.65. The van der Waals surface area contributed by atoms with E-state index in [0.29, 0.717) is 13.1 Å². The van der Waals surface area contributed by atoms with Crippen molar-refractivity contribution in [2.75, 3.05) is 6.54 Å². The quantitative estimate of drug-likeness (QED) is 0.737. The Labute approximate surface area is 75.0 Å². The summed E-state index contributed by atoms with van der Waals surface area (Å²) in [6.45, 7) is 3.01. The van der Waals surface area contributed by atoms with Gasteiger partial charge < -0.3 is 10.6 Å². The van der Waals surface area contributed by atoms with Crippen molar-refractivity contribution < 1.29 is 4.79 Å². The van der Waals surface area contributed by atoms with Crippen LogP contribution in [-0.4, -0.2) is 17.6 Å². The minimum Gasteiger partial charge on any atom is -0.338 e. The lowest BCUT2D eigenvalue weighted by Crippen LogP contribution is -2.34. The molecule has 1 heterocycles. The van der Waals surface area contributed by atoms with Crippen LogP contribution in [0.2, 0.25) is 0 Å². The number of nitrogens with one attached hydrogen (secondary N) is 2. The van der Waals surface area contributed by atoms with Gasteiger partial charge in [0.05, 0.1) is 17.7 Å². The van der Waals surface area contributed by atoms with Crippen LogP contribution in [0.1, 0.15) is 12.6 Å². The minimum absolute atomic E-state index is 0.148. The number of hydrogen-bond acceptors (Lipinski definition) is 3. The van der Waals surface area contributed by atoms with Gasteiger partial charge in [-0.15, -0.1) is 11.3 Å². The highest BCUT2D eigenvalue weighted by atomic mass is 32.1. The van der Waals surface area contributed by atoms with Crippen molar-refractivity contribution >= 4 is 17.4 Å². The number of urea groups is 1. The van der Waals surface area contributed by atoms with Crippen molar-refractivity contribution in [1.82, 2.24) is 15.6 Å². The van der Waals surface area contributed by atoms with Crippen molar-refractivity contribution in [3.63, 3.8) is 0 Å². The van der Waals surface area contributed by atoms with Gasteiger partial charge in [0.15, 0.2) is 0 Å². The number of aromatic nitrogens is 1. The van der Waals surface area contributed by atoms with E-state index in [1.165, 1.54) is 11.3 Å².